The Morgan fingerprint density at radius 3 is 1.76 bits per heavy atom. The van der Waals surface area contributed by atoms with E-state index < -0.39 is 6.10 Å². The number of benzene rings is 3. The fourth-order valence-electron chi connectivity index (χ4n) is 4.18. The van der Waals surface area contributed by atoms with Gasteiger partial charge >= 0.3 is 0 Å². The van der Waals surface area contributed by atoms with Gasteiger partial charge in [-0.15, -0.1) is 0 Å². The van der Waals surface area contributed by atoms with Crippen LogP contribution in [0, 0.1) is 11.6 Å². The highest BCUT2D eigenvalue weighted by molar-refractivity contribution is 5.30. The highest BCUT2D eigenvalue weighted by Crippen LogP contribution is 2.26. The molecular weight excluding hydrogens is 422 g/mol. The zero-order chi connectivity index (χ0) is 23.0. The van der Waals surface area contributed by atoms with Gasteiger partial charge in [0.05, 0.1) is 12.7 Å². The van der Waals surface area contributed by atoms with Crippen LogP contribution < -0.4 is 0 Å². The van der Waals surface area contributed by atoms with Crippen molar-refractivity contribution in [3.8, 4) is 0 Å². The average Bonchev–Trinajstić information content (AvgIpc) is 2.85. The Balaban J connectivity index is 1.27. The molecule has 0 aliphatic carbocycles. The van der Waals surface area contributed by atoms with Crippen LogP contribution in [0.4, 0.5) is 8.78 Å². The summed E-state index contributed by atoms with van der Waals surface area (Å²) >= 11 is 0. The van der Waals surface area contributed by atoms with Crippen molar-refractivity contribution in [1.82, 2.24) is 9.80 Å². The number of ether oxygens (including phenoxy) is 1. The first-order valence-electron chi connectivity index (χ1n) is 11.4. The Labute approximate surface area is 194 Å². The summed E-state index contributed by atoms with van der Waals surface area (Å²) < 4.78 is 33.0. The number of hydrogen-bond donors (Lipinski definition) is 1. The number of hydrogen-bond acceptors (Lipinski definition) is 4. The highest BCUT2D eigenvalue weighted by atomic mass is 19.1. The van der Waals surface area contributed by atoms with Crippen molar-refractivity contribution in [2.45, 2.75) is 12.2 Å². The summed E-state index contributed by atoms with van der Waals surface area (Å²) in [5.41, 5.74) is 2.62. The molecule has 6 heteroatoms. The van der Waals surface area contributed by atoms with E-state index in [2.05, 4.69) is 9.80 Å². The summed E-state index contributed by atoms with van der Waals surface area (Å²) in [6, 6.07) is 22.2. The Bertz CT molecular complexity index is 930. The zero-order valence-corrected chi connectivity index (χ0v) is 18.6. The van der Waals surface area contributed by atoms with Crippen LogP contribution in [0.15, 0.2) is 78.9 Å². The Morgan fingerprint density at radius 1 is 0.697 bits per heavy atom. The summed E-state index contributed by atoms with van der Waals surface area (Å²) in [7, 11) is 0. The standard InChI is InChI=1S/C27H30F2N2O2/c28-24-10-6-22(7-11-24)27(23-8-12-25(29)13-9-23)33-19-18-30-14-16-31(17-15-30)20-26(32)21-4-2-1-3-5-21/h1-13,26-27,32H,14-20H2/t26-/m0/s1. The van der Waals surface area contributed by atoms with E-state index >= 15 is 0 Å². The second kappa shape index (κ2) is 11.5. The number of β-amino-alcohol motifs (C(OH)–C–C–N with tert-alkyl or cyclic N) is 1. The van der Waals surface area contributed by atoms with Crippen LogP contribution in [0.1, 0.15) is 28.9 Å². The molecule has 0 aromatic heterocycles. The van der Waals surface area contributed by atoms with E-state index in [1.165, 1.54) is 24.3 Å². The van der Waals surface area contributed by atoms with Crippen molar-refractivity contribution < 1.29 is 18.6 Å². The molecule has 0 saturated carbocycles. The maximum atomic E-state index is 13.4. The first-order valence-corrected chi connectivity index (χ1v) is 11.4. The Kier molecular flexibility index (Phi) is 8.18. The molecule has 1 heterocycles. The minimum Gasteiger partial charge on any atom is -0.387 e. The first-order chi connectivity index (χ1) is 16.1. The fraction of sp³-hybridized carbons (Fsp3) is 0.333. The molecule has 1 aliphatic heterocycles. The van der Waals surface area contributed by atoms with Crippen molar-refractivity contribution in [2.24, 2.45) is 0 Å². The normalized spacial score (nSPS) is 16.2. The van der Waals surface area contributed by atoms with Crippen LogP contribution in [0.5, 0.6) is 0 Å². The predicted molar refractivity (Wildman–Crippen MR) is 125 cm³/mol. The summed E-state index contributed by atoms with van der Waals surface area (Å²) in [5.74, 6) is -0.598. The fourth-order valence-corrected chi connectivity index (χ4v) is 4.18. The monoisotopic (exact) mass is 452 g/mol. The van der Waals surface area contributed by atoms with E-state index in [1.807, 2.05) is 30.3 Å². The maximum Gasteiger partial charge on any atom is 0.123 e. The van der Waals surface area contributed by atoms with Gasteiger partial charge in [-0.2, -0.15) is 0 Å². The van der Waals surface area contributed by atoms with E-state index in [0.717, 1.165) is 49.4 Å². The van der Waals surface area contributed by atoms with Gasteiger partial charge in [0.2, 0.25) is 0 Å². The van der Waals surface area contributed by atoms with E-state index in [9.17, 15) is 13.9 Å². The lowest BCUT2D eigenvalue weighted by Crippen LogP contribution is -2.48. The van der Waals surface area contributed by atoms with Gasteiger partial charge in [-0.25, -0.2) is 8.78 Å². The molecule has 0 amide bonds. The summed E-state index contributed by atoms with van der Waals surface area (Å²) in [6.45, 7) is 5.50. The first kappa shape index (κ1) is 23.5. The minimum absolute atomic E-state index is 0.299. The van der Waals surface area contributed by atoms with Crippen molar-refractivity contribution >= 4 is 0 Å². The molecule has 1 fully saturated rings. The third-order valence-electron chi connectivity index (χ3n) is 6.12. The van der Waals surface area contributed by atoms with Gasteiger partial charge < -0.3 is 9.84 Å². The lowest BCUT2D eigenvalue weighted by molar-refractivity contribution is 0.0350. The van der Waals surface area contributed by atoms with Crippen molar-refractivity contribution in [1.29, 1.82) is 0 Å². The molecule has 0 bridgehead atoms. The number of halogens is 2. The van der Waals surface area contributed by atoms with Crippen LogP contribution in [0.3, 0.4) is 0 Å². The molecule has 1 saturated heterocycles. The van der Waals surface area contributed by atoms with Crippen LogP contribution in [0.25, 0.3) is 0 Å². The van der Waals surface area contributed by atoms with Crippen molar-refractivity contribution in [3.05, 3.63) is 107 Å². The number of nitrogens with zero attached hydrogens (tertiary/aromatic N) is 2. The Morgan fingerprint density at radius 2 is 1.21 bits per heavy atom. The van der Waals surface area contributed by atoms with E-state index in [-0.39, 0.29) is 17.7 Å². The van der Waals surface area contributed by atoms with E-state index in [0.29, 0.717) is 13.2 Å². The topological polar surface area (TPSA) is 35.9 Å². The van der Waals surface area contributed by atoms with Gasteiger partial charge in [0, 0.05) is 39.3 Å². The molecular formula is C27H30F2N2O2. The molecule has 174 valence electrons. The lowest BCUT2D eigenvalue weighted by Gasteiger charge is -2.35. The Hall–Kier alpha value is -2.64. The summed E-state index contributed by atoms with van der Waals surface area (Å²) in [5, 5.41) is 10.5. The van der Waals surface area contributed by atoms with Gasteiger partial charge in [-0.05, 0) is 41.0 Å². The molecule has 0 unspecified atom stereocenters. The molecule has 4 nitrogen and oxygen atoms in total. The molecule has 3 aromatic carbocycles. The number of rotatable bonds is 9. The molecule has 3 aromatic rings. The molecule has 0 spiro atoms. The van der Waals surface area contributed by atoms with Crippen molar-refractivity contribution in [3.63, 3.8) is 0 Å². The lowest BCUT2D eigenvalue weighted by atomic mass is 10.0. The third-order valence-corrected chi connectivity index (χ3v) is 6.12. The van der Waals surface area contributed by atoms with Crippen molar-refractivity contribution in [2.75, 3.05) is 45.9 Å². The second-order valence-corrected chi connectivity index (χ2v) is 8.42. The number of piperazine rings is 1. The quantitative estimate of drug-likeness (QED) is 0.521. The third kappa shape index (κ3) is 6.68. The zero-order valence-electron chi connectivity index (χ0n) is 18.6. The van der Waals surface area contributed by atoms with E-state index in [1.54, 1.807) is 24.3 Å². The molecule has 4 rings (SSSR count). The van der Waals surface area contributed by atoms with Crippen LogP contribution in [0.2, 0.25) is 0 Å². The predicted octanol–water partition coefficient (Wildman–Crippen LogP) is 4.42. The minimum atomic E-state index is -0.478. The second-order valence-electron chi connectivity index (χ2n) is 8.42. The van der Waals surface area contributed by atoms with Crippen LogP contribution >= 0.6 is 0 Å². The average molecular weight is 453 g/mol. The molecule has 0 radical (unpaired) electrons. The SMILES string of the molecule is O[C@@H](CN1CCN(CCOC(c2ccc(F)cc2)c2ccc(F)cc2)CC1)c1ccccc1. The maximum absolute atomic E-state index is 13.4. The molecule has 33 heavy (non-hydrogen) atoms. The molecule has 1 N–H and O–H groups in total. The van der Waals surface area contributed by atoms with Gasteiger partial charge in [0.25, 0.3) is 0 Å². The smallest absolute Gasteiger partial charge is 0.123 e. The summed E-state index contributed by atoms with van der Waals surface area (Å²) in [4.78, 5) is 4.63. The van der Waals surface area contributed by atoms with Crippen LogP contribution in [-0.4, -0.2) is 60.8 Å². The molecule has 1 atom stereocenters. The largest absolute Gasteiger partial charge is 0.387 e. The number of aliphatic hydroxyl groups is 1. The van der Waals surface area contributed by atoms with Crippen LogP contribution in [-0.2, 0) is 4.74 Å². The van der Waals surface area contributed by atoms with Gasteiger partial charge in [0.1, 0.15) is 17.7 Å². The van der Waals surface area contributed by atoms with Gasteiger partial charge in [0.15, 0.2) is 0 Å². The number of aliphatic hydroxyl groups excluding tert-OH is 1. The van der Waals surface area contributed by atoms with Gasteiger partial charge in [-0.1, -0.05) is 54.6 Å². The van der Waals surface area contributed by atoms with E-state index in [4.69, 9.17) is 4.74 Å². The highest BCUT2D eigenvalue weighted by Gasteiger charge is 2.21. The van der Waals surface area contributed by atoms with Gasteiger partial charge in [-0.3, -0.25) is 9.80 Å². The molecule has 1 aliphatic rings. The summed E-state index contributed by atoms with van der Waals surface area (Å²) in [6.07, 6.45) is -0.859.